The van der Waals surface area contributed by atoms with Crippen LogP contribution >= 0.6 is 0 Å². The Balaban J connectivity index is 1.72. The first-order valence-electron chi connectivity index (χ1n) is 9.72. The van der Waals surface area contributed by atoms with Crippen molar-refractivity contribution in [3.63, 3.8) is 0 Å². The molecule has 4 aromatic rings. The highest BCUT2D eigenvalue weighted by molar-refractivity contribution is 5.95. The predicted molar refractivity (Wildman–Crippen MR) is 120 cm³/mol. The molecule has 0 atom stereocenters. The number of methoxy groups -OCH3 is 2. The third-order valence-corrected chi connectivity index (χ3v) is 4.73. The van der Waals surface area contributed by atoms with Gasteiger partial charge in [0.2, 0.25) is 0 Å². The van der Waals surface area contributed by atoms with E-state index in [9.17, 15) is 4.79 Å². The first-order valence-corrected chi connectivity index (χ1v) is 9.72. The zero-order valence-electron chi connectivity index (χ0n) is 17.2. The number of hydrogen-bond acceptors (Lipinski definition) is 5. The van der Waals surface area contributed by atoms with Crippen molar-refractivity contribution in [2.75, 3.05) is 14.2 Å². The summed E-state index contributed by atoms with van der Waals surface area (Å²) in [6, 6.07) is 24.5. The van der Waals surface area contributed by atoms with Crippen LogP contribution in [0.2, 0.25) is 0 Å². The molecule has 31 heavy (non-hydrogen) atoms. The van der Waals surface area contributed by atoms with Crippen molar-refractivity contribution in [3.05, 3.63) is 90.5 Å². The zero-order chi connectivity index (χ0) is 21.6. The maximum atomic E-state index is 13.1. The minimum absolute atomic E-state index is 0.314. The molecule has 4 rings (SSSR count). The van der Waals surface area contributed by atoms with Crippen molar-refractivity contribution < 1.29 is 14.3 Å². The van der Waals surface area contributed by atoms with Crippen LogP contribution in [-0.2, 0) is 0 Å². The first kappa shape index (κ1) is 20.1. The number of ether oxygens (including phenoxy) is 2. The monoisotopic (exact) mass is 411 g/mol. The third kappa shape index (κ3) is 4.38. The summed E-state index contributed by atoms with van der Waals surface area (Å²) in [4.78, 5) is 17.7. The summed E-state index contributed by atoms with van der Waals surface area (Å²) in [6.45, 7) is 0. The Morgan fingerprint density at radius 3 is 2.19 bits per heavy atom. The van der Waals surface area contributed by atoms with Gasteiger partial charge in [-0.1, -0.05) is 60.7 Å². The van der Waals surface area contributed by atoms with E-state index in [1.165, 1.54) is 10.8 Å². The second-order valence-electron chi connectivity index (χ2n) is 6.68. The summed E-state index contributed by atoms with van der Waals surface area (Å²) < 4.78 is 11.9. The van der Waals surface area contributed by atoms with Crippen LogP contribution in [0.15, 0.2) is 84.9 Å². The molecular formula is C25H21N3O3. The van der Waals surface area contributed by atoms with E-state index in [-0.39, 0.29) is 5.91 Å². The van der Waals surface area contributed by atoms with Crippen LogP contribution in [0.3, 0.4) is 0 Å². The van der Waals surface area contributed by atoms with Crippen molar-refractivity contribution in [2.45, 2.75) is 0 Å². The highest BCUT2D eigenvalue weighted by atomic mass is 16.5. The standard InChI is InChI=1S/C25H21N3O3/c1-30-21-15-13-18(22(17-21)31-2)14-16-23(29)28-25(20-11-7-4-8-12-20)26-24(27-28)19-9-5-3-6-10-19/h3-17H,1-2H3/b16-14+. The molecule has 0 unspecified atom stereocenters. The molecule has 0 bridgehead atoms. The molecule has 0 N–H and O–H groups in total. The van der Waals surface area contributed by atoms with Gasteiger partial charge in [-0.05, 0) is 18.2 Å². The topological polar surface area (TPSA) is 66.2 Å². The lowest BCUT2D eigenvalue weighted by Crippen LogP contribution is -2.11. The molecule has 0 spiro atoms. The molecule has 0 amide bonds. The number of benzene rings is 3. The fourth-order valence-electron chi connectivity index (χ4n) is 3.14. The Kier molecular flexibility index (Phi) is 5.89. The van der Waals surface area contributed by atoms with Crippen LogP contribution in [0.5, 0.6) is 11.5 Å². The van der Waals surface area contributed by atoms with Gasteiger partial charge in [-0.2, -0.15) is 4.68 Å². The van der Waals surface area contributed by atoms with E-state index in [1.807, 2.05) is 72.8 Å². The van der Waals surface area contributed by atoms with E-state index in [2.05, 4.69) is 10.1 Å². The van der Waals surface area contributed by atoms with Crippen LogP contribution in [0, 0.1) is 0 Å². The van der Waals surface area contributed by atoms with Crippen LogP contribution < -0.4 is 9.47 Å². The van der Waals surface area contributed by atoms with E-state index in [1.54, 1.807) is 26.4 Å². The average molecular weight is 411 g/mol. The van der Waals surface area contributed by atoms with Crippen molar-refractivity contribution in [3.8, 4) is 34.3 Å². The molecule has 154 valence electrons. The van der Waals surface area contributed by atoms with Crippen LogP contribution in [0.1, 0.15) is 10.4 Å². The number of rotatable bonds is 6. The quantitative estimate of drug-likeness (QED) is 0.419. The van der Waals surface area contributed by atoms with E-state index in [0.717, 1.165) is 16.7 Å². The van der Waals surface area contributed by atoms with Gasteiger partial charge in [-0.3, -0.25) is 4.79 Å². The van der Waals surface area contributed by atoms with E-state index in [4.69, 9.17) is 9.47 Å². The predicted octanol–water partition coefficient (Wildman–Crippen LogP) is 4.98. The average Bonchev–Trinajstić information content (AvgIpc) is 3.29. The van der Waals surface area contributed by atoms with Crippen molar-refractivity contribution >= 4 is 12.0 Å². The normalized spacial score (nSPS) is 10.9. The molecule has 0 aliphatic carbocycles. The molecule has 0 aliphatic heterocycles. The SMILES string of the molecule is COc1ccc(/C=C/C(=O)n2nc(-c3ccccc3)nc2-c2ccccc2)c(OC)c1. The Morgan fingerprint density at radius 1 is 0.871 bits per heavy atom. The highest BCUT2D eigenvalue weighted by Gasteiger charge is 2.17. The van der Waals surface area contributed by atoms with Crippen molar-refractivity contribution in [1.82, 2.24) is 14.8 Å². The number of hydrogen-bond donors (Lipinski definition) is 0. The van der Waals surface area contributed by atoms with Gasteiger partial charge in [-0.25, -0.2) is 4.98 Å². The molecule has 6 nitrogen and oxygen atoms in total. The summed E-state index contributed by atoms with van der Waals surface area (Å²) in [6.07, 6.45) is 3.15. The summed E-state index contributed by atoms with van der Waals surface area (Å²) in [7, 11) is 3.17. The molecular weight excluding hydrogens is 390 g/mol. The Labute approximate surface area is 180 Å². The van der Waals surface area contributed by atoms with Crippen molar-refractivity contribution in [1.29, 1.82) is 0 Å². The molecule has 0 aliphatic rings. The largest absolute Gasteiger partial charge is 0.497 e. The molecule has 0 saturated carbocycles. The number of aromatic nitrogens is 3. The molecule has 6 heteroatoms. The third-order valence-electron chi connectivity index (χ3n) is 4.73. The summed E-state index contributed by atoms with van der Waals surface area (Å²) in [5.74, 6) is 1.94. The molecule has 0 saturated heterocycles. The van der Waals surface area contributed by atoms with Crippen LogP contribution in [0.4, 0.5) is 0 Å². The Morgan fingerprint density at radius 2 is 1.55 bits per heavy atom. The minimum atomic E-state index is -0.314. The minimum Gasteiger partial charge on any atom is -0.497 e. The molecule has 3 aromatic carbocycles. The maximum Gasteiger partial charge on any atom is 0.272 e. The molecule has 1 aromatic heterocycles. The highest BCUT2D eigenvalue weighted by Crippen LogP contribution is 2.26. The summed E-state index contributed by atoms with van der Waals surface area (Å²) in [5, 5.41) is 4.49. The van der Waals surface area contributed by atoms with E-state index < -0.39 is 0 Å². The van der Waals surface area contributed by atoms with Crippen LogP contribution in [0.25, 0.3) is 28.9 Å². The zero-order valence-corrected chi connectivity index (χ0v) is 17.2. The number of allylic oxidation sites excluding steroid dienone is 1. The Bertz CT molecular complexity index is 1220. The van der Waals surface area contributed by atoms with Gasteiger partial charge < -0.3 is 9.47 Å². The number of carbonyl (C=O) groups excluding carboxylic acids is 1. The fraction of sp³-hybridized carbons (Fsp3) is 0.0800. The summed E-state index contributed by atoms with van der Waals surface area (Å²) >= 11 is 0. The number of carbonyl (C=O) groups is 1. The van der Waals surface area contributed by atoms with Gasteiger partial charge in [0.15, 0.2) is 11.6 Å². The summed E-state index contributed by atoms with van der Waals surface area (Å²) in [5.41, 5.74) is 2.40. The second kappa shape index (κ2) is 9.09. The van der Waals surface area contributed by atoms with Gasteiger partial charge in [-0.15, -0.1) is 5.10 Å². The van der Waals surface area contributed by atoms with Crippen molar-refractivity contribution in [2.24, 2.45) is 0 Å². The maximum absolute atomic E-state index is 13.1. The van der Waals surface area contributed by atoms with Crippen LogP contribution in [-0.4, -0.2) is 34.9 Å². The lowest BCUT2D eigenvalue weighted by Gasteiger charge is -2.07. The molecule has 1 heterocycles. The molecule has 0 radical (unpaired) electrons. The molecule has 0 fully saturated rings. The van der Waals surface area contributed by atoms with Gasteiger partial charge in [0, 0.05) is 28.8 Å². The fourth-order valence-corrected chi connectivity index (χ4v) is 3.14. The smallest absolute Gasteiger partial charge is 0.272 e. The lowest BCUT2D eigenvalue weighted by atomic mass is 10.1. The van der Waals surface area contributed by atoms with Gasteiger partial charge in [0.25, 0.3) is 5.91 Å². The van der Waals surface area contributed by atoms with Gasteiger partial charge in [0.1, 0.15) is 11.5 Å². The second-order valence-corrected chi connectivity index (χ2v) is 6.68. The number of nitrogens with zero attached hydrogens (tertiary/aromatic N) is 3. The Hall–Kier alpha value is -4.19. The van der Waals surface area contributed by atoms with Gasteiger partial charge >= 0.3 is 0 Å². The van der Waals surface area contributed by atoms with E-state index in [0.29, 0.717) is 23.1 Å². The first-order chi connectivity index (χ1) is 15.2. The van der Waals surface area contributed by atoms with E-state index >= 15 is 0 Å². The lowest BCUT2D eigenvalue weighted by molar-refractivity contribution is 0.0957. The van der Waals surface area contributed by atoms with Gasteiger partial charge in [0.05, 0.1) is 14.2 Å².